The first kappa shape index (κ1) is 16.0. The molecule has 5 nitrogen and oxygen atoms in total. The first-order chi connectivity index (χ1) is 9.70. The second-order valence-electron chi connectivity index (χ2n) is 4.18. The molecule has 2 aromatic rings. The Morgan fingerprint density at radius 1 is 1.38 bits per heavy atom. The van der Waals surface area contributed by atoms with Gasteiger partial charge in [0.25, 0.3) is 10.0 Å². The van der Waals surface area contributed by atoms with E-state index in [0.29, 0.717) is 5.69 Å². The molecule has 0 aliphatic carbocycles. The van der Waals surface area contributed by atoms with Gasteiger partial charge in [-0.15, -0.1) is 0 Å². The van der Waals surface area contributed by atoms with Crippen molar-refractivity contribution in [1.29, 1.82) is 0 Å². The lowest BCUT2D eigenvalue weighted by molar-refractivity contribution is 0.570. The number of aryl methyl sites for hydroxylation is 1. The van der Waals surface area contributed by atoms with Gasteiger partial charge in [-0.2, -0.15) is 0 Å². The van der Waals surface area contributed by atoms with Crippen LogP contribution in [0, 0.1) is 12.7 Å². The van der Waals surface area contributed by atoms with Crippen LogP contribution in [-0.4, -0.2) is 13.4 Å². The third-order valence-electron chi connectivity index (χ3n) is 2.64. The Bertz CT molecular complexity index is 814. The van der Waals surface area contributed by atoms with E-state index in [1.807, 2.05) is 0 Å². The van der Waals surface area contributed by atoms with E-state index in [4.69, 9.17) is 17.3 Å². The molecule has 112 valence electrons. The van der Waals surface area contributed by atoms with Crippen molar-refractivity contribution < 1.29 is 12.8 Å². The Labute approximate surface area is 134 Å². The lowest BCUT2D eigenvalue weighted by atomic mass is 10.3. The minimum Gasteiger partial charge on any atom is -0.398 e. The van der Waals surface area contributed by atoms with Gasteiger partial charge in [0.15, 0.2) is 0 Å². The summed E-state index contributed by atoms with van der Waals surface area (Å²) in [6.45, 7) is 1.58. The average molecular weight is 395 g/mol. The van der Waals surface area contributed by atoms with Crippen LogP contribution in [-0.2, 0) is 10.0 Å². The Morgan fingerprint density at radius 3 is 2.67 bits per heavy atom. The fourth-order valence-electron chi connectivity index (χ4n) is 1.59. The summed E-state index contributed by atoms with van der Waals surface area (Å²) >= 11 is 8.73. The lowest BCUT2D eigenvalue weighted by Gasteiger charge is -2.12. The molecule has 2 rings (SSSR count). The molecule has 0 fully saturated rings. The highest BCUT2D eigenvalue weighted by atomic mass is 79.9. The van der Waals surface area contributed by atoms with Gasteiger partial charge in [-0.3, -0.25) is 4.72 Å². The van der Waals surface area contributed by atoms with Crippen LogP contribution in [0.15, 0.2) is 33.6 Å². The summed E-state index contributed by atoms with van der Waals surface area (Å²) in [6.07, 6.45) is 0. The second kappa shape index (κ2) is 5.78. The molecule has 0 atom stereocenters. The smallest absolute Gasteiger partial charge is 0.264 e. The molecule has 21 heavy (non-hydrogen) atoms. The topological polar surface area (TPSA) is 85.1 Å². The van der Waals surface area contributed by atoms with Crippen molar-refractivity contribution in [2.45, 2.75) is 11.8 Å². The predicted molar refractivity (Wildman–Crippen MR) is 83.3 cm³/mol. The molecular weight excluding hydrogens is 385 g/mol. The summed E-state index contributed by atoms with van der Waals surface area (Å²) in [5.41, 5.74) is 6.29. The van der Waals surface area contributed by atoms with E-state index in [0.717, 1.165) is 12.1 Å². The maximum absolute atomic E-state index is 13.9. The number of hydrogen-bond acceptors (Lipinski definition) is 4. The van der Waals surface area contributed by atoms with Crippen LogP contribution in [0.5, 0.6) is 0 Å². The summed E-state index contributed by atoms with van der Waals surface area (Å²) in [6, 6.07) is 4.92. The third kappa shape index (κ3) is 3.45. The van der Waals surface area contributed by atoms with Gasteiger partial charge in [-0.25, -0.2) is 17.8 Å². The maximum Gasteiger partial charge on any atom is 0.264 e. The summed E-state index contributed by atoms with van der Waals surface area (Å²) in [5, 5.41) is 0.231. The van der Waals surface area contributed by atoms with Crippen molar-refractivity contribution in [3.63, 3.8) is 0 Å². The van der Waals surface area contributed by atoms with Gasteiger partial charge in [0.2, 0.25) is 0 Å². The monoisotopic (exact) mass is 393 g/mol. The number of rotatable bonds is 3. The quantitative estimate of drug-likeness (QED) is 0.618. The summed E-state index contributed by atoms with van der Waals surface area (Å²) < 4.78 is 40.9. The SMILES string of the molecule is Cc1nc(Cl)ccc1NS(=O)(=O)c1cc(N)c(Br)cc1F. The van der Waals surface area contributed by atoms with Crippen LogP contribution in [0.3, 0.4) is 0 Å². The van der Waals surface area contributed by atoms with E-state index in [9.17, 15) is 12.8 Å². The summed E-state index contributed by atoms with van der Waals surface area (Å²) in [7, 11) is -4.13. The molecule has 0 bridgehead atoms. The highest BCUT2D eigenvalue weighted by molar-refractivity contribution is 9.10. The molecule has 0 amide bonds. The molecule has 0 aliphatic heterocycles. The highest BCUT2D eigenvalue weighted by Gasteiger charge is 2.21. The molecule has 3 N–H and O–H groups in total. The van der Waals surface area contributed by atoms with Gasteiger partial charge < -0.3 is 5.73 Å². The van der Waals surface area contributed by atoms with Crippen molar-refractivity contribution in [3.8, 4) is 0 Å². The van der Waals surface area contributed by atoms with Gasteiger partial charge in [-0.1, -0.05) is 11.6 Å². The van der Waals surface area contributed by atoms with Crippen LogP contribution in [0.4, 0.5) is 15.8 Å². The number of benzene rings is 1. The largest absolute Gasteiger partial charge is 0.398 e. The molecule has 1 heterocycles. The number of hydrogen-bond donors (Lipinski definition) is 2. The number of nitrogens with one attached hydrogen (secondary N) is 1. The van der Waals surface area contributed by atoms with Gasteiger partial charge in [-0.05, 0) is 47.1 Å². The number of nitrogen functional groups attached to an aromatic ring is 1. The first-order valence-corrected chi connectivity index (χ1v) is 8.26. The average Bonchev–Trinajstić information content (AvgIpc) is 2.37. The van der Waals surface area contributed by atoms with E-state index in [1.165, 1.54) is 12.1 Å². The summed E-state index contributed by atoms with van der Waals surface area (Å²) in [5.74, 6) is -0.914. The Kier molecular flexibility index (Phi) is 4.40. The van der Waals surface area contributed by atoms with E-state index in [1.54, 1.807) is 6.92 Å². The molecular formula is C12H10BrClFN3O2S. The van der Waals surface area contributed by atoms with Gasteiger partial charge in [0.05, 0.1) is 11.4 Å². The Morgan fingerprint density at radius 2 is 2.05 bits per heavy atom. The zero-order chi connectivity index (χ0) is 15.8. The molecule has 0 unspecified atom stereocenters. The zero-order valence-electron chi connectivity index (χ0n) is 10.7. The van der Waals surface area contributed by atoms with Crippen molar-refractivity contribution in [2.24, 2.45) is 0 Å². The fourth-order valence-corrected chi connectivity index (χ4v) is 3.31. The molecule has 1 aromatic carbocycles. The van der Waals surface area contributed by atoms with Crippen molar-refractivity contribution in [2.75, 3.05) is 10.5 Å². The third-order valence-corrected chi connectivity index (χ3v) is 4.91. The van der Waals surface area contributed by atoms with Gasteiger partial charge in [0.1, 0.15) is 15.9 Å². The number of halogens is 3. The van der Waals surface area contributed by atoms with Gasteiger partial charge >= 0.3 is 0 Å². The maximum atomic E-state index is 13.9. The van der Waals surface area contributed by atoms with Crippen molar-refractivity contribution in [1.82, 2.24) is 4.98 Å². The zero-order valence-corrected chi connectivity index (χ0v) is 13.9. The highest BCUT2D eigenvalue weighted by Crippen LogP contribution is 2.28. The van der Waals surface area contributed by atoms with Crippen molar-refractivity contribution >= 4 is 48.9 Å². The minimum absolute atomic E-state index is 0.114. The molecule has 9 heteroatoms. The lowest BCUT2D eigenvalue weighted by Crippen LogP contribution is -2.16. The Balaban J connectivity index is 2.46. The van der Waals surface area contributed by atoms with Crippen LogP contribution >= 0.6 is 27.5 Å². The van der Waals surface area contributed by atoms with E-state index >= 15 is 0 Å². The summed E-state index contributed by atoms with van der Waals surface area (Å²) in [4.78, 5) is 3.37. The van der Waals surface area contributed by atoms with Crippen molar-refractivity contribution in [3.05, 3.63) is 45.4 Å². The number of anilines is 2. The molecule has 0 saturated carbocycles. The van der Waals surface area contributed by atoms with Crippen LogP contribution in [0.1, 0.15) is 5.69 Å². The minimum atomic E-state index is -4.13. The first-order valence-electron chi connectivity index (χ1n) is 5.61. The number of aromatic nitrogens is 1. The predicted octanol–water partition coefficient (Wildman–Crippen LogP) is 3.33. The normalized spacial score (nSPS) is 11.4. The van der Waals surface area contributed by atoms with E-state index < -0.39 is 20.7 Å². The van der Waals surface area contributed by atoms with E-state index in [-0.39, 0.29) is 21.0 Å². The second-order valence-corrected chi connectivity index (χ2v) is 7.07. The number of nitrogens with two attached hydrogens (primary N) is 1. The molecule has 0 radical (unpaired) electrons. The van der Waals surface area contributed by atoms with Crippen LogP contribution in [0.2, 0.25) is 5.15 Å². The molecule has 0 aliphatic rings. The Hall–Kier alpha value is -1.38. The van der Waals surface area contributed by atoms with Crippen LogP contribution in [0.25, 0.3) is 0 Å². The number of sulfonamides is 1. The number of nitrogens with zero attached hydrogens (tertiary/aromatic N) is 1. The standard InChI is InChI=1S/C12H10BrClFN3O2S/c1-6-10(2-3-12(14)17-6)18-21(19,20)11-5-9(16)7(13)4-8(11)15/h2-5,18H,16H2,1H3. The number of pyridine rings is 1. The fraction of sp³-hybridized carbons (Fsp3) is 0.0833. The molecule has 1 aromatic heterocycles. The molecule has 0 saturated heterocycles. The molecule has 0 spiro atoms. The van der Waals surface area contributed by atoms with Crippen LogP contribution < -0.4 is 10.5 Å². The van der Waals surface area contributed by atoms with Gasteiger partial charge in [0, 0.05) is 10.2 Å². The van der Waals surface area contributed by atoms with E-state index in [2.05, 4.69) is 25.6 Å².